The normalized spacial score (nSPS) is 10.4. The first-order valence-electron chi connectivity index (χ1n) is 12.6. The first kappa shape index (κ1) is 29.0. The van der Waals surface area contributed by atoms with E-state index in [4.69, 9.17) is 23.7 Å². The molecule has 7 heteroatoms. The third kappa shape index (κ3) is 7.98. The predicted molar refractivity (Wildman–Crippen MR) is 151 cm³/mol. The molecule has 0 aliphatic heterocycles. The van der Waals surface area contributed by atoms with Crippen molar-refractivity contribution in [3.8, 4) is 45.3 Å². The number of esters is 2. The Kier molecular flexibility index (Phi) is 10.3. The highest BCUT2D eigenvalue weighted by molar-refractivity contribution is 5.89. The monoisotopic (exact) mass is 530 g/mol. The fourth-order valence-electron chi connectivity index (χ4n) is 3.55. The van der Waals surface area contributed by atoms with Crippen molar-refractivity contribution in [2.75, 3.05) is 26.9 Å². The van der Waals surface area contributed by atoms with Gasteiger partial charge in [0.25, 0.3) is 0 Å². The van der Waals surface area contributed by atoms with Gasteiger partial charge >= 0.3 is 11.9 Å². The molecule has 0 bridgehead atoms. The van der Waals surface area contributed by atoms with Crippen LogP contribution in [0.3, 0.4) is 0 Å². The summed E-state index contributed by atoms with van der Waals surface area (Å²) in [5.74, 6) is 1.23. The molecule has 7 nitrogen and oxygen atoms in total. The minimum absolute atomic E-state index is 0.114. The summed E-state index contributed by atoms with van der Waals surface area (Å²) in [6.45, 7) is 13.3. The molecule has 0 aliphatic carbocycles. The number of ether oxygens (including phenoxy) is 5. The molecule has 0 heterocycles. The molecule has 0 aliphatic rings. The summed E-state index contributed by atoms with van der Waals surface area (Å²) >= 11 is 0. The molecule has 0 aromatic heterocycles. The van der Waals surface area contributed by atoms with Crippen molar-refractivity contribution in [1.82, 2.24) is 0 Å². The number of methoxy groups -OCH3 is 1. The SMILES string of the molecule is C=C(C)C(=O)OCCOc1ccc(-c2ccc(-c3ccc(OC(=O)C(=C)C)cc3OC)cc2)cc1OCCC. The summed E-state index contributed by atoms with van der Waals surface area (Å²) in [7, 11) is 1.57. The Morgan fingerprint density at radius 2 is 1.33 bits per heavy atom. The second-order valence-electron chi connectivity index (χ2n) is 8.88. The van der Waals surface area contributed by atoms with Gasteiger partial charge in [-0.15, -0.1) is 0 Å². The molecule has 3 rings (SSSR count). The van der Waals surface area contributed by atoms with Crippen molar-refractivity contribution in [3.05, 3.63) is 85.0 Å². The van der Waals surface area contributed by atoms with Crippen molar-refractivity contribution in [3.63, 3.8) is 0 Å². The second kappa shape index (κ2) is 13.9. The van der Waals surface area contributed by atoms with E-state index in [0.29, 0.717) is 40.8 Å². The van der Waals surface area contributed by atoms with E-state index in [9.17, 15) is 9.59 Å². The smallest absolute Gasteiger partial charge is 0.338 e. The van der Waals surface area contributed by atoms with E-state index in [1.165, 1.54) is 0 Å². The molecule has 3 aromatic rings. The van der Waals surface area contributed by atoms with Crippen molar-refractivity contribution >= 4 is 11.9 Å². The first-order chi connectivity index (χ1) is 18.7. The number of hydrogen-bond donors (Lipinski definition) is 0. The predicted octanol–water partition coefficient (Wildman–Crippen LogP) is 6.80. The minimum atomic E-state index is -0.487. The zero-order valence-corrected chi connectivity index (χ0v) is 22.9. The van der Waals surface area contributed by atoms with Gasteiger partial charge in [-0.05, 0) is 61.2 Å². The molecule has 0 radical (unpaired) electrons. The number of benzene rings is 3. The van der Waals surface area contributed by atoms with Crippen molar-refractivity contribution in [1.29, 1.82) is 0 Å². The summed E-state index contributed by atoms with van der Waals surface area (Å²) < 4.78 is 27.7. The number of rotatable bonds is 13. The fraction of sp³-hybridized carbons (Fsp3) is 0.250. The zero-order valence-electron chi connectivity index (χ0n) is 22.9. The lowest BCUT2D eigenvalue weighted by molar-refractivity contribution is -0.139. The Bertz CT molecular complexity index is 1340. The summed E-state index contributed by atoms with van der Waals surface area (Å²) in [4.78, 5) is 23.4. The van der Waals surface area contributed by atoms with E-state index in [1.807, 2.05) is 55.5 Å². The molecule has 0 spiro atoms. The van der Waals surface area contributed by atoms with E-state index < -0.39 is 11.9 Å². The quantitative estimate of drug-likeness (QED) is 0.104. The Labute approximate surface area is 229 Å². The van der Waals surface area contributed by atoms with Crippen molar-refractivity contribution < 1.29 is 33.3 Å². The van der Waals surface area contributed by atoms with Crippen LogP contribution in [-0.2, 0) is 14.3 Å². The third-order valence-corrected chi connectivity index (χ3v) is 5.59. The number of carbonyl (C=O) groups is 2. The van der Waals surface area contributed by atoms with Gasteiger partial charge in [0.1, 0.15) is 24.7 Å². The van der Waals surface area contributed by atoms with Crippen LogP contribution in [-0.4, -0.2) is 38.9 Å². The summed E-state index contributed by atoms with van der Waals surface area (Å²) in [5, 5.41) is 0. The second-order valence-corrected chi connectivity index (χ2v) is 8.88. The van der Waals surface area contributed by atoms with Crippen LogP contribution in [0.4, 0.5) is 0 Å². The molecular weight excluding hydrogens is 496 g/mol. The lowest BCUT2D eigenvalue weighted by atomic mass is 9.99. The molecule has 39 heavy (non-hydrogen) atoms. The van der Waals surface area contributed by atoms with Crippen LogP contribution >= 0.6 is 0 Å². The fourth-order valence-corrected chi connectivity index (χ4v) is 3.55. The largest absolute Gasteiger partial charge is 0.496 e. The van der Waals surface area contributed by atoms with Gasteiger partial charge in [0, 0.05) is 22.8 Å². The zero-order chi connectivity index (χ0) is 28.4. The molecule has 0 N–H and O–H groups in total. The van der Waals surface area contributed by atoms with Crippen LogP contribution < -0.4 is 18.9 Å². The molecule has 0 fully saturated rings. The highest BCUT2D eigenvalue weighted by Crippen LogP contribution is 2.36. The van der Waals surface area contributed by atoms with Gasteiger partial charge in [0.05, 0.1) is 13.7 Å². The average Bonchev–Trinajstić information content (AvgIpc) is 2.94. The van der Waals surface area contributed by atoms with E-state index in [-0.39, 0.29) is 13.2 Å². The van der Waals surface area contributed by atoms with E-state index in [1.54, 1.807) is 33.1 Å². The Balaban J connectivity index is 1.78. The van der Waals surface area contributed by atoms with Crippen LogP contribution in [0.5, 0.6) is 23.0 Å². The standard InChI is InChI=1S/C32H34O7/c1-7-16-36-30-19-25(12-15-28(30)37-17-18-38-31(33)21(2)3)23-8-10-24(11-9-23)27-14-13-26(20-29(27)35-6)39-32(34)22(4)5/h8-15,19-20H,2,4,7,16-18H2,1,3,5-6H3. The molecular formula is C32H34O7. The summed E-state index contributed by atoms with van der Waals surface area (Å²) in [6.07, 6.45) is 0.849. The first-order valence-corrected chi connectivity index (χ1v) is 12.6. The highest BCUT2D eigenvalue weighted by Gasteiger charge is 2.13. The van der Waals surface area contributed by atoms with Gasteiger partial charge in [-0.1, -0.05) is 50.4 Å². The Morgan fingerprint density at radius 1 is 0.692 bits per heavy atom. The summed E-state index contributed by atoms with van der Waals surface area (Å²) in [5.41, 5.74) is 4.43. The molecule has 0 saturated carbocycles. The summed E-state index contributed by atoms with van der Waals surface area (Å²) in [6, 6.07) is 19.0. The van der Waals surface area contributed by atoms with Crippen molar-refractivity contribution in [2.45, 2.75) is 27.2 Å². The van der Waals surface area contributed by atoms with Gasteiger partial charge in [-0.2, -0.15) is 0 Å². The maximum absolute atomic E-state index is 11.9. The topological polar surface area (TPSA) is 80.3 Å². The lowest BCUT2D eigenvalue weighted by Crippen LogP contribution is -2.13. The van der Waals surface area contributed by atoms with Crippen LogP contribution in [0.1, 0.15) is 27.2 Å². The van der Waals surface area contributed by atoms with Gasteiger partial charge < -0.3 is 23.7 Å². The number of hydrogen-bond acceptors (Lipinski definition) is 7. The Hall–Kier alpha value is -4.52. The minimum Gasteiger partial charge on any atom is -0.496 e. The van der Waals surface area contributed by atoms with Crippen LogP contribution in [0.15, 0.2) is 85.0 Å². The Morgan fingerprint density at radius 3 is 1.97 bits per heavy atom. The molecule has 204 valence electrons. The van der Waals surface area contributed by atoms with E-state index in [2.05, 4.69) is 13.2 Å². The lowest BCUT2D eigenvalue weighted by Gasteiger charge is -2.15. The van der Waals surface area contributed by atoms with Gasteiger partial charge in [0.2, 0.25) is 0 Å². The highest BCUT2D eigenvalue weighted by atomic mass is 16.6. The average molecular weight is 531 g/mol. The number of carbonyl (C=O) groups excluding carboxylic acids is 2. The van der Waals surface area contributed by atoms with Crippen LogP contribution in [0, 0.1) is 0 Å². The molecule has 0 unspecified atom stereocenters. The molecule has 0 amide bonds. The van der Waals surface area contributed by atoms with Crippen LogP contribution in [0.2, 0.25) is 0 Å². The van der Waals surface area contributed by atoms with E-state index in [0.717, 1.165) is 28.7 Å². The molecule has 0 atom stereocenters. The molecule has 3 aromatic carbocycles. The third-order valence-electron chi connectivity index (χ3n) is 5.59. The maximum Gasteiger partial charge on any atom is 0.338 e. The van der Waals surface area contributed by atoms with E-state index >= 15 is 0 Å². The van der Waals surface area contributed by atoms with Gasteiger partial charge in [0.15, 0.2) is 11.5 Å². The van der Waals surface area contributed by atoms with Crippen molar-refractivity contribution in [2.24, 2.45) is 0 Å². The van der Waals surface area contributed by atoms with Gasteiger partial charge in [-0.25, -0.2) is 9.59 Å². The molecule has 0 saturated heterocycles. The maximum atomic E-state index is 11.9. The van der Waals surface area contributed by atoms with Crippen LogP contribution in [0.25, 0.3) is 22.3 Å². The van der Waals surface area contributed by atoms with Gasteiger partial charge in [-0.3, -0.25) is 0 Å².